The van der Waals surface area contributed by atoms with Gasteiger partial charge in [-0.2, -0.15) is 0 Å². The Morgan fingerprint density at radius 3 is 2.60 bits per heavy atom. The molecular weight excluding hydrogens is 509 g/mol. The SMILES string of the molecule is CCNC(=NCc1ccc(OCc2ccccn2)cc1)NCCc1ncc(C)s1.I. The van der Waals surface area contributed by atoms with E-state index >= 15 is 0 Å². The number of aromatic nitrogens is 2. The van der Waals surface area contributed by atoms with E-state index in [1.807, 2.05) is 48.7 Å². The number of benzene rings is 1. The number of hydrogen-bond donors (Lipinski definition) is 2. The highest BCUT2D eigenvalue weighted by atomic mass is 127. The summed E-state index contributed by atoms with van der Waals surface area (Å²) in [6.07, 6.45) is 4.59. The van der Waals surface area contributed by atoms with Crippen molar-refractivity contribution in [1.82, 2.24) is 20.6 Å². The molecule has 0 saturated carbocycles. The molecule has 0 amide bonds. The predicted molar refractivity (Wildman–Crippen MR) is 134 cm³/mol. The molecule has 8 heteroatoms. The third kappa shape index (κ3) is 8.27. The minimum absolute atomic E-state index is 0. The van der Waals surface area contributed by atoms with E-state index in [2.05, 4.69) is 39.4 Å². The molecule has 0 atom stereocenters. The van der Waals surface area contributed by atoms with E-state index in [1.165, 1.54) is 4.88 Å². The first-order valence-electron chi connectivity index (χ1n) is 9.78. The molecule has 3 aromatic rings. The number of guanidine groups is 1. The Bertz CT molecular complexity index is 899. The van der Waals surface area contributed by atoms with Gasteiger partial charge in [0.1, 0.15) is 12.4 Å². The highest BCUT2D eigenvalue weighted by Gasteiger charge is 2.02. The Labute approximate surface area is 199 Å². The monoisotopic (exact) mass is 537 g/mol. The van der Waals surface area contributed by atoms with Gasteiger partial charge in [-0.3, -0.25) is 4.98 Å². The zero-order valence-electron chi connectivity index (χ0n) is 17.3. The van der Waals surface area contributed by atoms with E-state index in [9.17, 15) is 0 Å². The van der Waals surface area contributed by atoms with Gasteiger partial charge in [0.15, 0.2) is 5.96 Å². The van der Waals surface area contributed by atoms with Gasteiger partial charge >= 0.3 is 0 Å². The Morgan fingerprint density at radius 1 is 1.10 bits per heavy atom. The number of nitrogens with zero attached hydrogens (tertiary/aromatic N) is 3. The normalized spacial score (nSPS) is 10.9. The lowest BCUT2D eigenvalue weighted by Crippen LogP contribution is -2.38. The van der Waals surface area contributed by atoms with E-state index in [0.29, 0.717) is 13.2 Å². The Hall–Kier alpha value is -2.20. The number of hydrogen-bond acceptors (Lipinski definition) is 5. The molecule has 30 heavy (non-hydrogen) atoms. The minimum Gasteiger partial charge on any atom is -0.487 e. The summed E-state index contributed by atoms with van der Waals surface area (Å²) in [5.41, 5.74) is 2.04. The molecule has 0 fully saturated rings. The molecule has 0 unspecified atom stereocenters. The van der Waals surface area contributed by atoms with Crippen LogP contribution in [0.15, 0.2) is 59.9 Å². The van der Waals surface area contributed by atoms with Gasteiger partial charge in [0.25, 0.3) is 0 Å². The number of nitrogens with one attached hydrogen (secondary N) is 2. The van der Waals surface area contributed by atoms with E-state index < -0.39 is 0 Å². The molecule has 0 saturated heterocycles. The summed E-state index contributed by atoms with van der Waals surface area (Å²) in [7, 11) is 0. The van der Waals surface area contributed by atoms with Crippen LogP contribution >= 0.6 is 35.3 Å². The van der Waals surface area contributed by atoms with Crippen LogP contribution in [0.5, 0.6) is 5.75 Å². The van der Waals surface area contributed by atoms with Crippen molar-refractivity contribution in [2.24, 2.45) is 4.99 Å². The van der Waals surface area contributed by atoms with E-state index in [4.69, 9.17) is 4.74 Å². The fourth-order valence-corrected chi connectivity index (χ4v) is 3.44. The zero-order chi connectivity index (χ0) is 20.3. The van der Waals surface area contributed by atoms with Crippen molar-refractivity contribution in [2.75, 3.05) is 13.1 Å². The van der Waals surface area contributed by atoms with Gasteiger partial charge in [-0.25, -0.2) is 9.98 Å². The maximum absolute atomic E-state index is 5.78. The summed E-state index contributed by atoms with van der Waals surface area (Å²) in [6, 6.07) is 13.8. The van der Waals surface area contributed by atoms with Crippen LogP contribution in [0, 0.1) is 6.92 Å². The van der Waals surface area contributed by atoms with Gasteiger partial charge in [0.05, 0.1) is 17.2 Å². The lowest BCUT2D eigenvalue weighted by molar-refractivity contribution is 0.301. The molecule has 1 aromatic carbocycles. The van der Waals surface area contributed by atoms with Gasteiger partial charge in [-0.15, -0.1) is 35.3 Å². The zero-order valence-corrected chi connectivity index (χ0v) is 20.4. The van der Waals surface area contributed by atoms with Crippen molar-refractivity contribution in [1.29, 1.82) is 0 Å². The van der Waals surface area contributed by atoms with Gasteiger partial charge in [-0.1, -0.05) is 18.2 Å². The second kappa shape index (κ2) is 13.2. The largest absolute Gasteiger partial charge is 0.487 e. The van der Waals surface area contributed by atoms with E-state index in [1.54, 1.807) is 17.5 Å². The lowest BCUT2D eigenvalue weighted by Gasteiger charge is -2.11. The summed E-state index contributed by atoms with van der Waals surface area (Å²) in [5.74, 6) is 1.64. The van der Waals surface area contributed by atoms with Crippen LogP contribution in [0.1, 0.15) is 28.1 Å². The van der Waals surface area contributed by atoms with E-state index in [-0.39, 0.29) is 24.0 Å². The number of thiazole rings is 1. The van der Waals surface area contributed by atoms with Crippen molar-refractivity contribution >= 4 is 41.3 Å². The molecular formula is C22H28IN5OS. The lowest BCUT2D eigenvalue weighted by atomic mass is 10.2. The second-order valence-electron chi connectivity index (χ2n) is 6.49. The molecule has 0 radical (unpaired) electrons. The van der Waals surface area contributed by atoms with Crippen LogP contribution < -0.4 is 15.4 Å². The summed E-state index contributed by atoms with van der Waals surface area (Å²) in [5, 5.41) is 7.80. The Kier molecular flexibility index (Phi) is 10.6. The first-order chi connectivity index (χ1) is 14.2. The first-order valence-corrected chi connectivity index (χ1v) is 10.6. The predicted octanol–water partition coefficient (Wildman–Crippen LogP) is 4.34. The summed E-state index contributed by atoms with van der Waals surface area (Å²) >= 11 is 1.74. The fraction of sp³-hybridized carbons (Fsp3) is 0.318. The average molecular weight is 537 g/mol. The number of ether oxygens (including phenoxy) is 1. The molecule has 0 bridgehead atoms. The highest BCUT2D eigenvalue weighted by Crippen LogP contribution is 2.14. The number of halogens is 1. The molecule has 6 nitrogen and oxygen atoms in total. The molecule has 0 spiro atoms. The molecule has 2 aromatic heterocycles. The molecule has 0 aliphatic rings. The van der Waals surface area contributed by atoms with Crippen LogP contribution in [-0.4, -0.2) is 29.0 Å². The Balaban J connectivity index is 0.00000320. The molecule has 0 aliphatic carbocycles. The first kappa shape index (κ1) is 24.1. The number of aryl methyl sites for hydroxylation is 1. The van der Waals surface area contributed by atoms with Crippen LogP contribution in [0.4, 0.5) is 0 Å². The third-order valence-corrected chi connectivity index (χ3v) is 5.07. The van der Waals surface area contributed by atoms with Crippen LogP contribution in [0.25, 0.3) is 0 Å². The highest BCUT2D eigenvalue weighted by molar-refractivity contribution is 14.0. The number of pyridine rings is 1. The van der Waals surface area contributed by atoms with Crippen molar-refractivity contribution in [3.05, 3.63) is 76.0 Å². The van der Waals surface area contributed by atoms with Crippen LogP contribution in [0.2, 0.25) is 0 Å². The van der Waals surface area contributed by atoms with Crippen molar-refractivity contribution in [3.8, 4) is 5.75 Å². The van der Waals surface area contributed by atoms with Gasteiger partial charge in [0, 0.05) is 36.8 Å². The number of aliphatic imine (C=N–C) groups is 1. The minimum atomic E-state index is 0. The number of rotatable bonds is 9. The molecule has 0 aliphatic heterocycles. The van der Waals surface area contributed by atoms with Gasteiger partial charge < -0.3 is 15.4 Å². The maximum atomic E-state index is 5.78. The van der Waals surface area contributed by atoms with Crippen molar-refractivity contribution < 1.29 is 4.74 Å². The summed E-state index contributed by atoms with van der Waals surface area (Å²) in [6.45, 7) is 6.84. The van der Waals surface area contributed by atoms with Gasteiger partial charge in [0.2, 0.25) is 0 Å². The molecule has 160 valence electrons. The van der Waals surface area contributed by atoms with Crippen molar-refractivity contribution in [2.45, 2.75) is 33.4 Å². The average Bonchev–Trinajstić information content (AvgIpc) is 3.17. The van der Waals surface area contributed by atoms with Crippen LogP contribution in [0.3, 0.4) is 0 Å². The maximum Gasteiger partial charge on any atom is 0.191 e. The quantitative estimate of drug-likeness (QED) is 0.242. The topological polar surface area (TPSA) is 71.4 Å². The van der Waals surface area contributed by atoms with Crippen LogP contribution in [-0.2, 0) is 19.6 Å². The fourth-order valence-electron chi connectivity index (χ4n) is 2.65. The van der Waals surface area contributed by atoms with E-state index in [0.717, 1.165) is 47.5 Å². The standard InChI is InChI=1S/C22H27N5OS.HI/c1-3-23-22(25-13-11-21-26-14-17(2)29-21)27-15-18-7-9-20(10-8-18)28-16-19-6-4-5-12-24-19;/h4-10,12,14H,3,11,13,15-16H2,1-2H3,(H2,23,25,27);1H. The molecule has 3 rings (SSSR count). The third-order valence-electron chi connectivity index (χ3n) is 4.10. The summed E-state index contributed by atoms with van der Waals surface area (Å²) < 4.78 is 5.78. The summed E-state index contributed by atoms with van der Waals surface area (Å²) in [4.78, 5) is 14.6. The Morgan fingerprint density at radius 2 is 1.93 bits per heavy atom. The second-order valence-corrected chi connectivity index (χ2v) is 7.81. The molecule has 2 heterocycles. The molecule has 2 N–H and O–H groups in total. The van der Waals surface area contributed by atoms with Crippen molar-refractivity contribution in [3.63, 3.8) is 0 Å². The smallest absolute Gasteiger partial charge is 0.191 e. The van der Waals surface area contributed by atoms with Gasteiger partial charge in [-0.05, 0) is 43.7 Å².